The number of thiazole rings is 1. The number of anilines is 1. The minimum absolute atomic E-state index is 0.145. The van der Waals surface area contributed by atoms with Gasteiger partial charge in [0.05, 0.1) is 5.56 Å². The highest BCUT2D eigenvalue weighted by Gasteiger charge is 2.33. The number of hydrogen-bond acceptors (Lipinski definition) is 6. The molecule has 0 spiro atoms. The maximum absolute atomic E-state index is 13.7. The van der Waals surface area contributed by atoms with E-state index < -0.39 is 11.7 Å². The van der Waals surface area contributed by atoms with Crippen molar-refractivity contribution in [1.29, 1.82) is 0 Å². The largest absolute Gasteiger partial charge is 0.417 e. The van der Waals surface area contributed by atoms with E-state index in [-0.39, 0.29) is 11.9 Å². The molecule has 1 unspecified atom stereocenters. The number of amides is 1. The fraction of sp³-hybridized carbons (Fsp3) is 0.417. The predicted octanol–water partition coefficient (Wildman–Crippen LogP) is 5.59. The van der Waals surface area contributed by atoms with Gasteiger partial charge < -0.3 is 10.2 Å². The second kappa shape index (κ2) is 9.69. The predicted molar refractivity (Wildman–Crippen MR) is 126 cm³/mol. The summed E-state index contributed by atoms with van der Waals surface area (Å²) < 4.78 is 38.4. The molecule has 0 aromatic carbocycles. The summed E-state index contributed by atoms with van der Waals surface area (Å²) >= 11 is 1.48. The lowest BCUT2D eigenvalue weighted by molar-refractivity contribution is -0.137. The van der Waals surface area contributed by atoms with Crippen LogP contribution in [0.25, 0.3) is 10.6 Å². The number of halogens is 3. The third kappa shape index (κ3) is 5.38. The maximum atomic E-state index is 13.7. The van der Waals surface area contributed by atoms with E-state index in [1.54, 1.807) is 0 Å². The van der Waals surface area contributed by atoms with E-state index in [0.29, 0.717) is 36.1 Å². The van der Waals surface area contributed by atoms with Crippen molar-refractivity contribution in [2.75, 3.05) is 18.4 Å². The molecule has 1 amide bonds. The van der Waals surface area contributed by atoms with Crippen LogP contribution in [0.1, 0.15) is 47.2 Å². The number of nitrogens with one attached hydrogen (secondary N) is 1. The van der Waals surface area contributed by atoms with Crippen LogP contribution in [0.15, 0.2) is 35.8 Å². The molecule has 0 saturated carbocycles. The maximum Gasteiger partial charge on any atom is 0.417 e. The van der Waals surface area contributed by atoms with Crippen LogP contribution in [0.3, 0.4) is 0 Å². The van der Waals surface area contributed by atoms with Crippen molar-refractivity contribution in [3.05, 3.63) is 58.5 Å². The lowest BCUT2D eigenvalue weighted by atomic mass is 9.91. The van der Waals surface area contributed by atoms with Crippen molar-refractivity contribution in [3.8, 4) is 10.6 Å². The number of carbonyl (C=O) groups is 1. The Morgan fingerprint density at radius 3 is 2.62 bits per heavy atom. The molecule has 0 radical (unpaired) electrons. The van der Waals surface area contributed by atoms with Crippen LogP contribution >= 0.6 is 11.3 Å². The Bertz CT molecular complexity index is 1160. The lowest BCUT2D eigenvalue weighted by Crippen LogP contribution is -2.49. The van der Waals surface area contributed by atoms with E-state index in [4.69, 9.17) is 0 Å². The van der Waals surface area contributed by atoms with Gasteiger partial charge in [-0.2, -0.15) is 13.2 Å². The van der Waals surface area contributed by atoms with E-state index in [1.165, 1.54) is 17.4 Å². The van der Waals surface area contributed by atoms with Crippen LogP contribution in [0, 0.1) is 19.8 Å². The Morgan fingerprint density at radius 2 is 1.97 bits per heavy atom. The second-order valence-corrected chi connectivity index (χ2v) is 9.59. The monoisotopic (exact) mass is 489 g/mol. The topological polar surface area (TPSA) is 71.0 Å². The number of hydrogen-bond donors (Lipinski definition) is 1. The van der Waals surface area contributed by atoms with Crippen LogP contribution in [-0.4, -0.2) is 44.9 Å². The minimum atomic E-state index is -4.43. The van der Waals surface area contributed by atoms with Gasteiger partial charge in [0, 0.05) is 47.7 Å². The molecule has 10 heteroatoms. The summed E-state index contributed by atoms with van der Waals surface area (Å²) in [6.07, 6.45) is -1.97. The van der Waals surface area contributed by atoms with Gasteiger partial charge in [-0.05, 0) is 56.9 Å². The molecule has 0 aliphatic carbocycles. The highest BCUT2D eigenvalue weighted by atomic mass is 32.1. The highest BCUT2D eigenvalue weighted by Crippen LogP contribution is 2.31. The highest BCUT2D eigenvalue weighted by molar-refractivity contribution is 7.13. The SMILES string of the molecule is Cc1csc(-c2ccc(C)nc2C(=O)N2CC[C@H](C)CC2CNc2ccc(C(F)(F)F)cn2)n1. The fourth-order valence-corrected chi connectivity index (χ4v) is 4.93. The van der Waals surface area contributed by atoms with Crippen molar-refractivity contribution in [1.82, 2.24) is 19.9 Å². The second-order valence-electron chi connectivity index (χ2n) is 8.74. The number of nitrogens with zero attached hydrogens (tertiary/aromatic N) is 4. The summed E-state index contributed by atoms with van der Waals surface area (Å²) in [4.78, 5) is 28.5. The first-order chi connectivity index (χ1) is 16.1. The molecule has 4 heterocycles. The number of piperidine rings is 1. The normalized spacial score (nSPS) is 18.7. The quantitative estimate of drug-likeness (QED) is 0.506. The first kappa shape index (κ1) is 24.1. The van der Waals surface area contributed by atoms with Gasteiger partial charge in [0.15, 0.2) is 0 Å². The number of pyridine rings is 2. The van der Waals surface area contributed by atoms with Crippen molar-refractivity contribution in [2.24, 2.45) is 5.92 Å². The van der Waals surface area contributed by atoms with Crippen LogP contribution in [0.5, 0.6) is 0 Å². The van der Waals surface area contributed by atoms with Crippen molar-refractivity contribution >= 4 is 23.1 Å². The van der Waals surface area contributed by atoms with Gasteiger partial charge in [0.1, 0.15) is 16.5 Å². The van der Waals surface area contributed by atoms with E-state index in [1.807, 2.05) is 36.3 Å². The molecule has 1 aliphatic heterocycles. The summed E-state index contributed by atoms with van der Waals surface area (Å²) in [7, 11) is 0. The third-order valence-electron chi connectivity index (χ3n) is 5.93. The number of aryl methyl sites for hydroxylation is 2. The Kier molecular flexibility index (Phi) is 6.88. The molecule has 0 bridgehead atoms. The molecule has 1 fully saturated rings. The molecule has 6 nitrogen and oxygen atoms in total. The van der Waals surface area contributed by atoms with Gasteiger partial charge >= 0.3 is 6.18 Å². The van der Waals surface area contributed by atoms with Crippen molar-refractivity contribution in [3.63, 3.8) is 0 Å². The fourth-order valence-electron chi connectivity index (χ4n) is 4.11. The minimum Gasteiger partial charge on any atom is -0.368 e. The van der Waals surface area contributed by atoms with Crippen LogP contribution < -0.4 is 5.32 Å². The zero-order chi connectivity index (χ0) is 24.5. The van der Waals surface area contributed by atoms with Crippen LogP contribution in [0.4, 0.5) is 19.0 Å². The number of rotatable bonds is 5. The Morgan fingerprint density at radius 1 is 1.18 bits per heavy atom. The number of aromatic nitrogens is 3. The van der Waals surface area contributed by atoms with Gasteiger partial charge in [-0.15, -0.1) is 11.3 Å². The summed E-state index contributed by atoms with van der Waals surface area (Å²) in [5.74, 6) is 0.597. The number of alkyl halides is 3. The molecule has 180 valence electrons. The van der Waals surface area contributed by atoms with E-state index in [9.17, 15) is 18.0 Å². The Hall–Kier alpha value is -3.01. The van der Waals surface area contributed by atoms with Crippen LogP contribution in [-0.2, 0) is 6.18 Å². The zero-order valence-electron chi connectivity index (χ0n) is 19.2. The standard InChI is InChI=1S/C24H26F3N5OS/c1-14-8-9-32(18(10-14)12-29-20-7-5-17(11-28-20)24(25,26)27)23(33)21-19(6-4-15(2)30-21)22-31-16(3)13-34-22/h4-7,11,13-14,18H,8-10,12H2,1-3H3,(H,28,29)/t14-,18?/m0/s1. The van der Waals surface area contributed by atoms with E-state index in [2.05, 4.69) is 27.2 Å². The number of likely N-dealkylation sites (tertiary alicyclic amines) is 1. The van der Waals surface area contributed by atoms with E-state index in [0.717, 1.165) is 41.5 Å². The molecule has 3 aromatic rings. The van der Waals surface area contributed by atoms with E-state index >= 15 is 0 Å². The Labute approximate surface area is 200 Å². The molecule has 1 saturated heterocycles. The van der Waals surface area contributed by atoms with Gasteiger partial charge in [-0.1, -0.05) is 6.92 Å². The lowest BCUT2D eigenvalue weighted by Gasteiger charge is -2.38. The van der Waals surface area contributed by atoms with Crippen molar-refractivity contribution in [2.45, 2.75) is 45.8 Å². The summed E-state index contributed by atoms with van der Waals surface area (Å²) in [5.41, 5.74) is 1.92. The van der Waals surface area contributed by atoms with Gasteiger partial charge in [-0.3, -0.25) is 4.79 Å². The average Bonchev–Trinajstić information content (AvgIpc) is 3.23. The Balaban J connectivity index is 1.55. The number of carbonyl (C=O) groups excluding carboxylic acids is 1. The van der Waals surface area contributed by atoms with Gasteiger partial charge in [0.2, 0.25) is 0 Å². The van der Waals surface area contributed by atoms with Gasteiger partial charge in [-0.25, -0.2) is 15.0 Å². The van der Waals surface area contributed by atoms with Crippen LogP contribution in [0.2, 0.25) is 0 Å². The van der Waals surface area contributed by atoms with Crippen molar-refractivity contribution < 1.29 is 18.0 Å². The molecule has 34 heavy (non-hydrogen) atoms. The first-order valence-electron chi connectivity index (χ1n) is 11.1. The molecule has 1 N–H and O–H groups in total. The third-order valence-corrected chi connectivity index (χ3v) is 6.93. The summed E-state index contributed by atoms with van der Waals surface area (Å²) in [5, 5.41) is 5.80. The molecule has 3 aromatic heterocycles. The molecular formula is C24H26F3N5OS. The molecule has 1 aliphatic rings. The zero-order valence-corrected chi connectivity index (χ0v) is 20.0. The summed E-state index contributed by atoms with van der Waals surface area (Å²) in [6, 6.07) is 5.93. The first-order valence-corrected chi connectivity index (χ1v) is 12.0. The smallest absolute Gasteiger partial charge is 0.368 e. The average molecular weight is 490 g/mol. The molecular weight excluding hydrogens is 463 g/mol. The summed E-state index contributed by atoms with van der Waals surface area (Å²) in [6.45, 7) is 6.86. The van der Waals surface area contributed by atoms with Gasteiger partial charge in [0.25, 0.3) is 5.91 Å². The molecule has 2 atom stereocenters. The molecule has 4 rings (SSSR count).